The molecule has 0 aliphatic heterocycles. The van der Waals surface area contributed by atoms with E-state index in [1.807, 2.05) is 0 Å². The molecule has 4 heteroatoms. The van der Waals surface area contributed by atoms with Crippen molar-refractivity contribution in [1.82, 2.24) is 0 Å². The molecule has 0 bridgehead atoms. The number of hydrogen-bond acceptors (Lipinski definition) is 0. The summed E-state index contributed by atoms with van der Waals surface area (Å²) in [5, 5.41) is 0. The van der Waals surface area contributed by atoms with Crippen LogP contribution in [0.15, 0.2) is 30.3 Å². The van der Waals surface area contributed by atoms with Crippen molar-refractivity contribution < 1.29 is 21.7 Å². The molecule has 0 N–H and O–H groups in total. The molecule has 0 spiro atoms. The molecule has 0 radical (unpaired) electrons. The van der Waals surface area contributed by atoms with Crippen LogP contribution in [0.25, 0.3) is 11.1 Å². The second-order valence-corrected chi connectivity index (χ2v) is 6.71. The van der Waals surface area contributed by atoms with Crippen LogP contribution in [0.3, 0.4) is 0 Å². The number of hydrogen-bond donors (Lipinski definition) is 0. The molecule has 3 rings (SSSR count). The molecule has 2 aromatic carbocycles. The average Bonchev–Trinajstić information content (AvgIpc) is 2.68. The van der Waals surface area contributed by atoms with E-state index in [4.69, 9.17) is 4.11 Å². The third kappa shape index (κ3) is 3.88. The summed E-state index contributed by atoms with van der Waals surface area (Å²) in [5.74, 6) is -5.00. The van der Waals surface area contributed by atoms with E-state index < -0.39 is 52.5 Å². The van der Waals surface area contributed by atoms with Gasteiger partial charge < -0.3 is 0 Å². The first-order valence-electron chi connectivity index (χ1n) is 10.2. The molecular formula is C21H22F4. The molecule has 1 fully saturated rings. The van der Waals surface area contributed by atoms with Crippen molar-refractivity contribution in [3.63, 3.8) is 0 Å². The van der Waals surface area contributed by atoms with E-state index in [-0.39, 0.29) is 11.5 Å². The van der Waals surface area contributed by atoms with Gasteiger partial charge in [-0.15, -0.1) is 0 Å². The molecular weight excluding hydrogens is 328 g/mol. The van der Waals surface area contributed by atoms with Crippen molar-refractivity contribution in [3.8, 4) is 11.1 Å². The van der Waals surface area contributed by atoms with E-state index in [2.05, 4.69) is 6.92 Å². The maximum absolute atomic E-state index is 14.9. The molecule has 0 amide bonds. The lowest BCUT2D eigenvalue weighted by atomic mass is 9.77. The highest BCUT2D eigenvalue weighted by molar-refractivity contribution is 5.65. The number of halogens is 4. The van der Waals surface area contributed by atoms with Crippen LogP contribution in [0.5, 0.6) is 0 Å². The van der Waals surface area contributed by atoms with Gasteiger partial charge in [-0.2, -0.15) is 0 Å². The Morgan fingerprint density at radius 3 is 2.12 bits per heavy atom. The zero-order valence-electron chi connectivity index (χ0n) is 17.1. The van der Waals surface area contributed by atoms with E-state index in [0.717, 1.165) is 31.7 Å². The fourth-order valence-corrected chi connectivity index (χ4v) is 3.67. The van der Waals surface area contributed by atoms with Gasteiger partial charge in [0.25, 0.3) is 0 Å². The molecule has 1 saturated carbocycles. The Hall–Kier alpha value is -1.84. The van der Waals surface area contributed by atoms with Crippen molar-refractivity contribution >= 4 is 0 Å². The number of rotatable bonds is 4. The maximum Gasteiger partial charge on any atom is 0.159 e. The summed E-state index contributed by atoms with van der Waals surface area (Å²) in [4.78, 5) is 0. The summed E-state index contributed by atoms with van der Waals surface area (Å²) >= 11 is 0. The summed E-state index contributed by atoms with van der Waals surface area (Å²) in [6, 6.07) is -0.604. The van der Waals surface area contributed by atoms with E-state index in [1.165, 1.54) is 0 Å². The molecule has 0 aromatic heterocycles. The Morgan fingerprint density at radius 1 is 0.880 bits per heavy atom. The summed E-state index contributed by atoms with van der Waals surface area (Å²) < 4.78 is 80.8. The smallest absolute Gasteiger partial charge is 0.159 e. The second-order valence-electron chi connectivity index (χ2n) is 6.71. The quantitative estimate of drug-likeness (QED) is 0.520. The Morgan fingerprint density at radius 2 is 1.52 bits per heavy atom. The van der Waals surface area contributed by atoms with Crippen molar-refractivity contribution in [2.75, 3.05) is 0 Å². The first kappa shape index (κ1) is 14.3. The highest BCUT2D eigenvalue weighted by Gasteiger charge is 2.24. The summed E-state index contributed by atoms with van der Waals surface area (Å²) in [6.07, 6.45) is 5.28. The van der Waals surface area contributed by atoms with E-state index in [9.17, 15) is 17.6 Å². The summed E-state index contributed by atoms with van der Waals surface area (Å²) in [6.45, 7) is 2.11. The predicted octanol–water partition coefficient (Wildman–Crippen LogP) is 6.98. The van der Waals surface area contributed by atoms with E-state index in [0.29, 0.717) is 24.8 Å². The largest absolute Gasteiger partial charge is 0.206 e. The van der Waals surface area contributed by atoms with Gasteiger partial charge in [0, 0.05) is 0 Å². The van der Waals surface area contributed by atoms with Crippen molar-refractivity contribution in [3.05, 3.63) is 59.1 Å². The maximum atomic E-state index is 14.9. The zero-order chi connectivity index (χ0) is 20.6. The van der Waals surface area contributed by atoms with Crippen molar-refractivity contribution in [2.24, 2.45) is 5.92 Å². The Balaban J connectivity index is 2.05. The molecule has 1 aliphatic carbocycles. The van der Waals surface area contributed by atoms with Crippen LogP contribution in [-0.4, -0.2) is 0 Å². The first-order valence-corrected chi connectivity index (χ1v) is 8.70. The highest BCUT2D eigenvalue weighted by Crippen LogP contribution is 2.39. The van der Waals surface area contributed by atoms with E-state index >= 15 is 0 Å². The van der Waals surface area contributed by atoms with Crippen LogP contribution in [0, 0.1) is 29.2 Å². The van der Waals surface area contributed by atoms with Gasteiger partial charge in [0.1, 0.15) is 11.6 Å². The summed E-state index contributed by atoms with van der Waals surface area (Å²) in [7, 11) is 0. The third-order valence-electron chi connectivity index (χ3n) is 5.00. The fraction of sp³-hybridized carbons (Fsp3) is 0.429. The summed E-state index contributed by atoms with van der Waals surface area (Å²) in [5.41, 5.74) is -1.29. The van der Waals surface area contributed by atoms with Gasteiger partial charge in [0.15, 0.2) is 11.6 Å². The molecule has 1 aliphatic rings. The lowest BCUT2D eigenvalue weighted by Gasteiger charge is -2.29. The normalized spacial score (nSPS) is 22.4. The van der Waals surface area contributed by atoms with Gasteiger partial charge >= 0.3 is 0 Å². The molecule has 25 heavy (non-hydrogen) atoms. The monoisotopic (exact) mass is 353 g/mol. The Kier molecular flexibility index (Phi) is 4.35. The van der Waals surface area contributed by atoms with Crippen molar-refractivity contribution in [2.45, 2.75) is 51.4 Å². The minimum absolute atomic E-state index is 0.0304. The van der Waals surface area contributed by atoms with Gasteiger partial charge in [-0.05, 0) is 72.8 Å². The molecule has 0 heterocycles. The van der Waals surface area contributed by atoms with Gasteiger partial charge in [-0.3, -0.25) is 0 Å². The topological polar surface area (TPSA) is 0 Å². The molecule has 0 nitrogen and oxygen atoms in total. The van der Waals surface area contributed by atoms with Gasteiger partial charge in [0.2, 0.25) is 0 Å². The Bertz CT molecular complexity index is 861. The van der Waals surface area contributed by atoms with Gasteiger partial charge in [0.05, 0.1) is 9.68 Å². The van der Waals surface area contributed by atoms with Gasteiger partial charge in [-0.25, -0.2) is 17.6 Å². The van der Waals surface area contributed by atoms with Crippen LogP contribution in [0.2, 0.25) is 0 Å². The lowest BCUT2D eigenvalue weighted by Crippen LogP contribution is -2.13. The third-order valence-corrected chi connectivity index (χ3v) is 5.00. The Labute approximate surface area is 150 Å². The molecule has 2 aromatic rings. The standard InChI is InChI=1S/C21H22F4/c1-2-3-13-4-6-14(7-5-13)16-11-19(24)21(20(25)12-16)15-8-9-17(22)18(23)10-15/h8-14H,2-7H2,1H3/i10D,11D,12D. The SMILES string of the molecule is [2H]c1c(-c2c(F)c([2H])c(C3CCC(CCC)CC3)c([2H])c2F)ccc(F)c1F. The first-order chi connectivity index (χ1) is 13.3. The minimum atomic E-state index is -1.52. The molecule has 0 atom stereocenters. The average molecular weight is 353 g/mol. The van der Waals surface area contributed by atoms with E-state index in [1.54, 1.807) is 0 Å². The lowest BCUT2D eigenvalue weighted by molar-refractivity contribution is 0.307. The fourth-order valence-electron chi connectivity index (χ4n) is 3.67. The van der Waals surface area contributed by atoms with Crippen LogP contribution < -0.4 is 0 Å². The molecule has 134 valence electrons. The van der Waals surface area contributed by atoms with Crippen LogP contribution in [0.4, 0.5) is 17.6 Å². The van der Waals surface area contributed by atoms with Gasteiger partial charge in [-0.1, -0.05) is 25.8 Å². The molecule has 0 saturated heterocycles. The number of benzene rings is 2. The van der Waals surface area contributed by atoms with Crippen LogP contribution >= 0.6 is 0 Å². The minimum Gasteiger partial charge on any atom is -0.206 e. The van der Waals surface area contributed by atoms with Crippen LogP contribution in [-0.2, 0) is 0 Å². The molecule has 0 unspecified atom stereocenters. The highest BCUT2D eigenvalue weighted by atomic mass is 19.2. The predicted molar refractivity (Wildman–Crippen MR) is 91.3 cm³/mol. The zero-order valence-corrected chi connectivity index (χ0v) is 14.1. The van der Waals surface area contributed by atoms with Crippen LogP contribution in [0.1, 0.15) is 61.0 Å². The van der Waals surface area contributed by atoms with Crippen molar-refractivity contribution in [1.29, 1.82) is 0 Å². The second kappa shape index (κ2) is 7.59.